The summed E-state index contributed by atoms with van der Waals surface area (Å²) >= 11 is 0. The van der Waals surface area contributed by atoms with Crippen LogP contribution < -0.4 is 0 Å². The van der Waals surface area contributed by atoms with Crippen molar-refractivity contribution >= 4 is 43.6 Å². The van der Waals surface area contributed by atoms with E-state index in [-0.39, 0.29) is 5.56 Å². The summed E-state index contributed by atoms with van der Waals surface area (Å²) in [4.78, 5) is 0. The second-order valence-electron chi connectivity index (χ2n) is 14.8. The minimum absolute atomic E-state index is 0.0344. The van der Waals surface area contributed by atoms with Crippen LogP contribution in [0.15, 0.2) is 170 Å². The summed E-state index contributed by atoms with van der Waals surface area (Å²) in [5, 5.41) is 15.2. The van der Waals surface area contributed by atoms with Gasteiger partial charge in [0, 0.05) is 21.5 Å². The molecule has 0 N–H and O–H groups in total. The van der Waals surface area contributed by atoms with Crippen LogP contribution >= 0.6 is 0 Å². The van der Waals surface area contributed by atoms with Crippen LogP contribution in [0, 0.1) is 25.2 Å². The van der Waals surface area contributed by atoms with Crippen LogP contribution in [-0.2, 0) is 6.18 Å². The molecule has 8 aromatic carbocycles. The Kier molecular flexibility index (Phi) is 8.10. The summed E-state index contributed by atoms with van der Waals surface area (Å²) < 4.78 is 48.5. The lowest BCUT2D eigenvalue weighted by molar-refractivity contribution is -0.137. The first-order valence-electron chi connectivity index (χ1n) is 19.1. The Labute approximate surface area is 333 Å². The van der Waals surface area contributed by atoms with E-state index in [0.29, 0.717) is 22.5 Å². The molecule has 2 heterocycles. The van der Waals surface area contributed by atoms with Gasteiger partial charge in [-0.15, -0.1) is 0 Å². The van der Waals surface area contributed by atoms with E-state index in [2.05, 4.69) is 92.7 Å². The van der Waals surface area contributed by atoms with E-state index < -0.39 is 11.7 Å². The summed E-state index contributed by atoms with van der Waals surface area (Å²) in [5.41, 5.74) is 11.0. The zero-order valence-electron chi connectivity index (χ0n) is 31.6. The van der Waals surface area contributed by atoms with Gasteiger partial charge >= 0.3 is 6.18 Å². The van der Waals surface area contributed by atoms with Gasteiger partial charge in [0.15, 0.2) is 0 Å². The van der Waals surface area contributed by atoms with Crippen LogP contribution in [0.4, 0.5) is 13.2 Å². The Balaban J connectivity index is 1.32. The van der Waals surface area contributed by atoms with Gasteiger partial charge in [0.1, 0.15) is 11.6 Å². The molecule has 2 aromatic heterocycles. The Morgan fingerprint density at radius 3 is 1.31 bits per heavy atom. The summed E-state index contributed by atoms with van der Waals surface area (Å²) in [5.74, 6) is 0. The molecule has 0 aliphatic heterocycles. The predicted octanol–water partition coefficient (Wildman–Crippen LogP) is 14.4. The highest BCUT2D eigenvalue weighted by Crippen LogP contribution is 2.44. The van der Waals surface area contributed by atoms with Crippen molar-refractivity contribution in [2.45, 2.75) is 20.0 Å². The minimum Gasteiger partial charge on any atom is -0.308 e. The number of aromatic nitrogens is 2. The normalized spacial score (nSPS) is 11.9. The number of hydrogen-bond acceptors (Lipinski definition) is 1. The summed E-state index contributed by atoms with van der Waals surface area (Å²) in [6, 6.07) is 56.8. The van der Waals surface area contributed by atoms with Gasteiger partial charge in [0.25, 0.3) is 0 Å². The highest BCUT2D eigenvalue weighted by atomic mass is 19.4. The van der Waals surface area contributed by atoms with Crippen molar-refractivity contribution in [3.8, 4) is 50.8 Å². The van der Waals surface area contributed by atoms with Gasteiger partial charge in [-0.2, -0.15) is 18.4 Å². The van der Waals surface area contributed by atoms with Crippen molar-refractivity contribution in [2.75, 3.05) is 0 Å². The lowest BCUT2D eigenvalue weighted by Crippen LogP contribution is -2.09. The van der Waals surface area contributed by atoms with Gasteiger partial charge in [-0.05, 0) is 113 Å². The Morgan fingerprint density at radius 2 is 0.845 bits per heavy atom. The van der Waals surface area contributed by atoms with Crippen molar-refractivity contribution in [1.82, 2.24) is 9.13 Å². The average molecular weight is 758 g/mol. The number of aryl methyl sites for hydroxylation is 2. The quantitative estimate of drug-likeness (QED) is 0.172. The van der Waals surface area contributed by atoms with Gasteiger partial charge in [-0.25, -0.2) is 0 Å². The number of fused-ring (bicyclic) bond motifs is 6. The van der Waals surface area contributed by atoms with Gasteiger partial charge in [-0.1, -0.05) is 115 Å². The van der Waals surface area contributed by atoms with Gasteiger partial charge in [-0.3, -0.25) is 0 Å². The number of rotatable bonds is 5. The molecule has 0 amide bonds. The van der Waals surface area contributed by atoms with Crippen LogP contribution in [0.3, 0.4) is 0 Å². The molecule has 0 bridgehead atoms. The van der Waals surface area contributed by atoms with E-state index in [1.54, 1.807) is 18.2 Å². The number of halogens is 3. The molecule has 10 rings (SSSR count). The summed E-state index contributed by atoms with van der Waals surface area (Å²) in [6.07, 6.45) is -4.61. The molecule has 0 radical (unpaired) electrons. The molecule has 6 heteroatoms. The molecule has 0 fully saturated rings. The van der Waals surface area contributed by atoms with E-state index in [4.69, 9.17) is 0 Å². The van der Waals surface area contributed by atoms with E-state index in [1.807, 2.05) is 69.8 Å². The standard InChI is InChI=1S/C52H34F3N3/c1-32-13-3-5-15-37(32)34-23-25-48-42(27-34)40-18-8-11-21-46(40)57(48)50-29-36(39-17-7-10-20-45(39)52(53,54)55)30-51(44(50)31-56)58-47-22-12-9-19-41(47)43-28-35(24-26-49(43)58)38-16-6-4-14-33(38)2/h3-30H,1-2H3. The third kappa shape index (κ3) is 5.50. The van der Waals surface area contributed by atoms with E-state index in [9.17, 15) is 18.4 Å². The maximum Gasteiger partial charge on any atom is 0.417 e. The van der Waals surface area contributed by atoms with Crippen LogP contribution in [0.5, 0.6) is 0 Å². The molecule has 0 spiro atoms. The molecule has 0 saturated heterocycles. The molecule has 278 valence electrons. The molecule has 3 nitrogen and oxygen atoms in total. The Hall–Kier alpha value is -7.36. The molecular weight excluding hydrogens is 724 g/mol. The van der Waals surface area contributed by atoms with Crippen LogP contribution in [-0.4, -0.2) is 9.13 Å². The smallest absolute Gasteiger partial charge is 0.308 e. The van der Waals surface area contributed by atoms with Gasteiger partial charge in [0.2, 0.25) is 0 Å². The third-order valence-corrected chi connectivity index (χ3v) is 11.5. The number of nitrogens with zero attached hydrogens (tertiary/aromatic N) is 3. The molecule has 0 atom stereocenters. The minimum atomic E-state index is -4.61. The van der Waals surface area contributed by atoms with Crippen LogP contribution in [0.2, 0.25) is 0 Å². The fourth-order valence-electron chi connectivity index (χ4n) is 8.81. The van der Waals surface area contributed by atoms with Gasteiger partial charge in [0.05, 0.1) is 39.0 Å². The van der Waals surface area contributed by atoms with Crippen molar-refractivity contribution < 1.29 is 13.2 Å². The summed E-state index contributed by atoms with van der Waals surface area (Å²) in [6.45, 7) is 4.18. The highest BCUT2D eigenvalue weighted by molar-refractivity contribution is 6.12. The van der Waals surface area contributed by atoms with Crippen LogP contribution in [0.25, 0.3) is 88.4 Å². The van der Waals surface area contributed by atoms with Crippen molar-refractivity contribution in [3.63, 3.8) is 0 Å². The van der Waals surface area contributed by atoms with Crippen molar-refractivity contribution in [1.29, 1.82) is 5.26 Å². The molecule has 58 heavy (non-hydrogen) atoms. The first-order valence-corrected chi connectivity index (χ1v) is 19.1. The third-order valence-electron chi connectivity index (χ3n) is 11.5. The molecule has 0 saturated carbocycles. The number of para-hydroxylation sites is 2. The number of alkyl halides is 3. The monoisotopic (exact) mass is 757 g/mol. The molecule has 10 aromatic rings. The van der Waals surface area contributed by atoms with Crippen molar-refractivity contribution in [2.24, 2.45) is 0 Å². The largest absolute Gasteiger partial charge is 0.417 e. The second-order valence-corrected chi connectivity index (χ2v) is 14.8. The second kappa shape index (κ2) is 13.4. The lowest BCUT2D eigenvalue weighted by Gasteiger charge is -2.20. The molecule has 0 unspecified atom stereocenters. The number of hydrogen-bond donors (Lipinski definition) is 0. The Bertz CT molecular complexity index is 3140. The fraction of sp³-hybridized carbons (Fsp3) is 0.0577. The highest BCUT2D eigenvalue weighted by Gasteiger charge is 2.34. The first kappa shape index (κ1) is 35.1. The van der Waals surface area contributed by atoms with Crippen molar-refractivity contribution in [3.05, 3.63) is 192 Å². The molecular formula is C52H34F3N3. The predicted molar refractivity (Wildman–Crippen MR) is 231 cm³/mol. The number of benzene rings is 8. The average Bonchev–Trinajstić information content (AvgIpc) is 3.75. The van der Waals surface area contributed by atoms with E-state index >= 15 is 0 Å². The SMILES string of the molecule is Cc1ccccc1-c1ccc2c(c1)c1ccccc1n2-c1cc(-c2ccccc2C(F)(F)F)cc(-n2c3ccccc3c3cc(-c4ccccc4C)ccc32)c1C#N. The summed E-state index contributed by atoms with van der Waals surface area (Å²) in [7, 11) is 0. The lowest BCUT2D eigenvalue weighted by atomic mass is 9.95. The zero-order valence-corrected chi connectivity index (χ0v) is 31.6. The van der Waals surface area contributed by atoms with Crippen LogP contribution in [0.1, 0.15) is 22.3 Å². The zero-order chi connectivity index (χ0) is 39.7. The van der Waals surface area contributed by atoms with E-state index in [1.165, 1.54) is 12.1 Å². The van der Waals surface area contributed by atoms with E-state index in [0.717, 1.165) is 83.1 Å². The first-order chi connectivity index (χ1) is 28.2. The molecule has 0 aliphatic rings. The topological polar surface area (TPSA) is 33.6 Å². The maximum absolute atomic E-state index is 14.8. The maximum atomic E-state index is 14.8. The Morgan fingerprint density at radius 1 is 0.431 bits per heavy atom. The molecule has 0 aliphatic carbocycles. The fourth-order valence-corrected chi connectivity index (χ4v) is 8.81. The number of nitriles is 1. The van der Waals surface area contributed by atoms with Gasteiger partial charge < -0.3 is 9.13 Å².